The van der Waals surface area contributed by atoms with Crippen LogP contribution in [0.3, 0.4) is 0 Å². The van der Waals surface area contributed by atoms with Gasteiger partial charge < -0.3 is 26.6 Å². The highest BCUT2D eigenvalue weighted by Crippen LogP contribution is 2.14. The fourth-order valence-electron chi connectivity index (χ4n) is 4.39. The zero-order chi connectivity index (χ0) is 28.4. The Hall–Kier alpha value is -2.16. The van der Waals surface area contributed by atoms with Crippen LogP contribution in [-0.2, 0) is 19.2 Å². The van der Waals surface area contributed by atoms with E-state index in [1.807, 2.05) is 0 Å². The Morgan fingerprint density at radius 2 is 1.11 bits per heavy atom. The van der Waals surface area contributed by atoms with Gasteiger partial charge in [0.25, 0.3) is 0 Å². The Morgan fingerprint density at radius 1 is 0.605 bits per heavy atom. The van der Waals surface area contributed by atoms with Crippen LogP contribution >= 0.6 is 0 Å². The van der Waals surface area contributed by atoms with Gasteiger partial charge in [0.05, 0.1) is 0 Å². The number of carboxylic acid groups (broad SMARTS) is 2. The number of unbranched alkanes of at least 4 members (excludes halogenated alkanes) is 15. The van der Waals surface area contributed by atoms with Crippen molar-refractivity contribution in [2.45, 2.75) is 154 Å². The minimum absolute atomic E-state index is 0.00908. The molecule has 0 spiro atoms. The Morgan fingerprint density at radius 3 is 1.58 bits per heavy atom. The van der Waals surface area contributed by atoms with Crippen LogP contribution < -0.4 is 16.4 Å². The van der Waals surface area contributed by atoms with Crippen molar-refractivity contribution in [3.05, 3.63) is 0 Å². The first-order chi connectivity index (χ1) is 18.3. The third-order valence-electron chi connectivity index (χ3n) is 6.88. The van der Waals surface area contributed by atoms with Gasteiger partial charge in [-0.1, -0.05) is 96.8 Å². The second-order valence-electron chi connectivity index (χ2n) is 10.5. The van der Waals surface area contributed by atoms with Gasteiger partial charge >= 0.3 is 11.9 Å². The molecule has 0 aromatic heterocycles. The molecule has 6 N–H and O–H groups in total. The molecule has 0 radical (unpaired) electrons. The van der Waals surface area contributed by atoms with Crippen molar-refractivity contribution in [1.82, 2.24) is 10.6 Å². The topological polar surface area (TPSA) is 159 Å². The molecule has 0 aliphatic rings. The first kappa shape index (κ1) is 35.8. The number of aliphatic carboxylic acids is 2. The maximum atomic E-state index is 12.2. The zero-order valence-corrected chi connectivity index (χ0v) is 23.8. The molecule has 0 bridgehead atoms. The molecular weight excluding hydrogens is 486 g/mol. The lowest BCUT2D eigenvalue weighted by molar-refractivity contribution is -0.142. The van der Waals surface area contributed by atoms with Crippen LogP contribution in [0.5, 0.6) is 0 Å². The molecule has 222 valence electrons. The quantitative estimate of drug-likeness (QED) is 0.0883. The molecule has 0 aliphatic heterocycles. The molecular formula is C29H55N3O6. The number of carboxylic acids is 2. The summed E-state index contributed by atoms with van der Waals surface area (Å²) in [4.78, 5) is 46.2. The van der Waals surface area contributed by atoms with Crippen molar-refractivity contribution in [3.8, 4) is 0 Å². The highest BCUT2D eigenvalue weighted by Gasteiger charge is 2.20. The van der Waals surface area contributed by atoms with Crippen molar-refractivity contribution in [2.24, 2.45) is 5.73 Å². The summed E-state index contributed by atoms with van der Waals surface area (Å²) in [5.41, 5.74) is 5.42. The van der Waals surface area contributed by atoms with E-state index >= 15 is 0 Å². The van der Waals surface area contributed by atoms with E-state index < -0.39 is 24.0 Å². The highest BCUT2D eigenvalue weighted by atomic mass is 16.4. The Bertz CT molecular complexity index is 644. The predicted molar refractivity (Wildman–Crippen MR) is 151 cm³/mol. The summed E-state index contributed by atoms with van der Waals surface area (Å²) >= 11 is 0. The van der Waals surface area contributed by atoms with Gasteiger partial charge in [-0.25, -0.2) is 4.79 Å². The molecule has 9 nitrogen and oxygen atoms in total. The Labute approximate surface area is 230 Å². The number of nitrogens with two attached hydrogens (primary N) is 1. The largest absolute Gasteiger partial charge is 0.480 e. The summed E-state index contributed by atoms with van der Waals surface area (Å²) < 4.78 is 0. The number of rotatable bonds is 27. The van der Waals surface area contributed by atoms with Gasteiger partial charge in [0.15, 0.2) is 0 Å². The minimum Gasteiger partial charge on any atom is -0.480 e. The summed E-state index contributed by atoms with van der Waals surface area (Å²) in [6.07, 6.45) is 20.5. The maximum absolute atomic E-state index is 12.2. The summed E-state index contributed by atoms with van der Waals surface area (Å²) in [6.45, 7) is 2.62. The van der Waals surface area contributed by atoms with Crippen molar-refractivity contribution >= 4 is 23.8 Å². The molecule has 0 rings (SSSR count). The van der Waals surface area contributed by atoms with Crippen molar-refractivity contribution in [3.63, 3.8) is 0 Å². The van der Waals surface area contributed by atoms with Crippen LogP contribution in [0.25, 0.3) is 0 Å². The van der Waals surface area contributed by atoms with Crippen LogP contribution in [0.1, 0.15) is 142 Å². The highest BCUT2D eigenvalue weighted by molar-refractivity contribution is 5.84. The smallest absolute Gasteiger partial charge is 0.326 e. The van der Waals surface area contributed by atoms with E-state index in [-0.39, 0.29) is 24.7 Å². The van der Waals surface area contributed by atoms with E-state index in [0.29, 0.717) is 32.2 Å². The first-order valence-electron chi connectivity index (χ1n) is 15.0. The molecule has 0 aromatic rings. The lowest BCUT2D eigenvalue weighted by Crippen LogP contribution is -2.41. The lowest BCUT2D eigenvalue weighted by atomic mass is 10.0. The fourth-order valence-corrected chi connectivity index (χ4v) is 4.39. The van der Waals surface area contributed by atoms with E-state index in [1.165, 1.54) is 77.0 Å². The molecule has 0 aliphatic carbocycles. The van der Waals surface area contributed by atoms with Crippen LogP contribution in [-0.4, -0.2) is 52.6 Å². The second kappa shape index (κ2) is 25.1. The SMILES string of the molecule is CCCCCCCCCCCCCCCCCC(=O)NC(CCC(=O)NCCCCC(N)C(=O)O)C(=O)O. The fraction of sp³-hybridized carbons (Fsp3) is 0.862. The zero-order valence-electron chi connectivity index (χ0n) is 23.8. The van der Waals surface area contributed by atoms with Gasteiger partial charge in [-0.05, 0) is 32.1 Å². The number of carbonyl (C=O) groups excluding carboxylic acids is 2. The van der Waals surface area contributed by atoms with E-state index in [9.17, 15) is 24.3 Å². The van der Waals surface area contributed by atoms with Crippen molar-refractivity contribution in [1.29, 1.82) is 0 Å². The molecule has 2 amide bonds. The van der Waals surface area contributed by atoms with Crippen LogP contribution in [0, 0.1) is 0 Å². The molecule has 9 heteroatoms. The first-order valence-corrected chi connectivity index (χ1v) is 15.0. The number of carbonyl (C=O) groups is 4. The summed E-state index contributed by atoms with van der Waals surface area (Å²) in [5, 5.41) is 23.3. The predicted octanol–water partition coefficient (Wildman–Crippen LogP) is 5.30. The third-order valence-corrected chi connectivity index (χ3v) is 6.88. The molecule has 0 aromatic carbocycles. The van der Waals surface area contributed by atoms with Crippen LogP contribution in [0.2, 0.25) is 0 Å². The second-order valence-corrected chi connectivity index (χ2v) is 10.5. The summed E-state index contributed by atoms with van der Waals surface area (Å²) in [7, 11) is 0. The van der Waals surface area contributed by atoms with Crippen molar-refractivity contribution in [2.75, 3.05) is 6.54 Å². The van der Waals surface area contributed by atoms with Gasteiger partial charge in [0.1, 0.15) is 12.1 Å². The van der Waals surface area contributed by atoms with E-state index in [2.05, 4.69) is 17.6 Å². The molecule has 2 unspecified atom stereocenters. The van der Waals surface area contributed by atoms with E-state index in [1.54, 1.807) is 0 Å². The molecule has 0 saturated heterocycles. The van der Waals surface area contributed by atoms with Gasteiger partial charge in [-0.2, -0.15) is 0 Å². The molecule has 2 atom stereocenters. The monoisotopic (exact) mass is 541 g/mol. The number of hydrogen-bond acceptors (Lipinski definition) is 5. The average Bonchev–Trinajstić information content (AvgIpc) is 2.88. The molecule has 0 fully saturated rings. The van der Waals surface area contributed by atoms with Crippen LogP contribution in [0.4, 0.5) is 0 Å². The van der Waals surface area contributed by atoms with Crippen LogP contribution in [0.15, 0.2) is 0 Å². The minimum atomic E-state index is -1.15. The molecule has 0 heterocycles. The lowest BCUT2D eigenvalue weighted by Gasteiger charge is -2.14. The molecule has 38 heavy (non-hydrogen) atoms. The summed E-state index contributed by atoms with van der Waals surface area (Å²) in [5.74, 6) is -2.78. The normalized spacial score (nSPS) is 12.6. The number of nitrogens with one attached hydrogen (secondary N) is 2. The van der Waals surface area contributed by atoms with E-state index in [4.69, 9.17) is 10.8 Å². The van der Waals surface area contributed by atoms with Gasteiger partial charge in [-0.3, -0.25) is 14.4 Å². The molecule has 0 saturated carbocycles. The Kier molecular flexibility index (Phi) is 23.7. The standard InChI is InChI=1S/C29H55N3O6/c1-2-3-4-5-6-7-8-9-10-11-12-13-14-15-16-20-27(34)32-25(29(37)38)21-22-26(33)31-23-18-17-19-24(30)28(35)36/h24-25H,2-23,30H2,1H3,(H,31,33)(H,32,34)(H,35,36)(H,37,38). The maximum Gasteiger partial charge on any atom is 0.326 e. The Balaban J connectivity index is 3.73. The average molecular weight is 542 g/mol. The number of hydrogen-bond donors (Lipinski definition) is 5. The van der Waals surface area contributed by atoms with Gasteiger partial charge in [-0.15, -0.1) is 0 Å². The van der Waals surface area contributed by atoms with Gasteiger partial charge in [0.2, 0.25) is 11.8 Å². The summed E-state index contributed by atoms with van der Waals surface area (Å²) in [6, 6.07) is -1.99. The third kappa shape index (κ3) is 23.0. The van der Waals surface area contributed by atoms with E-state index in [0.717, 1.165) is 19.3 Å². The van der Waals surface area contributed by atoms with Crippen molar-refractivity contribution < 1.29 is 29.4 Å². The number of amides is 2. The van der Waals surface area contributed by atoms with Gasteiger partial charge in [0, 0.05) is 19.4 Å².